The summed E-state index contributed by atoms with van der Waals surface area (Å²) in [4.78, 5) is 12.1. The molecule has 0 aliphatic rings. The van der Waals surface area contributed by atoms with Crippen molar-refractivity contribution in [2.45, 2.75) is 18.6 Å². The zero-order valence-electron chi connectivity index (χ0n) is 14.6. The number of amides is 1. The van der Waals surface area contributed by atoms with Crippen LogP contribution < -0.4 is 10.1 Å². The number of thioether (sulfide) groups is 1. The van der Waals surface area contributed by atoms with Gasteiger partial charge >= 0.3 is 0 Å². The fourth-order valence-corrected chi connectivity index (χ4v) is 3.12. The van der Waals surface area contributed by atoms with Crippen molar-refractivity contribution in [2.24, 2.45) is 0 Å². The minimum Gasteiger partial charge on any atom is -0.494 e. The zero-order chi connectivity index (χ0) is 19.1. The van der Waals surface area contributed by atoms with Gasteiger partial charge < -0.3 is 14.5 Å². The highest BCUT2D eigenvalue weighted by molar-refractivity contribution is 9.10. The first-order valence-electron chi connectivity index (χ1n) is 8.34. The highest BCUT2D eigenvalue weighted by Gasteiger charge is 2.10. The second kappa shape index (κ2) is 9.57. The molecule has 1 N–H and O–H groups in total. The molecule has 0 aliphatic carbocycles. The molecule has 0 atom stereocenters. The van der Waals surface area contributed by atoms with Gasteiger partial charge in [-0.3, -0.25) is 4.79 Å². The van der Waals surface area contributed by atoms with Gasteiger partial charge in [0.2, 0.25) is 11.8 Å². The molecule has 3 aromatic rings. The van der Waals surface area contributed by atoms with Crippen molar-refractivity contribution < 1.29 is 13.9 Å². The number of carbonyl (C=O) groups is 1. The summed E-state index contributed by atoms with van der Waals surface area (Å²) in [6, 6.07) is 15.2. The molecule has 1 amide bonds. The van der Waals surface area contributed by atoms with Gasteiger partial charge in [0, 0.05) is 10.2 Å². The number of nitrogens with zero attached hydrogens (tertiary/aromatic N) is 2. The van der Waals surface area contributed by atoms with Crippen LogP contribution in [0.15, 0.2) is 62.6 Å². The Morgan fingerprint density at radius 3 is 2.59 bits per heavy atom. The van der Waals surface area contributed by atoms with Crippen molar-refractivity contribution in [3.63, 3.8) is 0 Å². The standard InChI is InChI=1S/C19H18BrN3O3S/c1-2-25-16-9-7-15(8-10-16)21-17(24)12-27-19-23-22-18(26-19)11-13-3-5-14(20)6-4-13/h3-10H,2,11-12H2,1H3,(H,21,24). The fraction of sp³-hybridized carbons (Fsp3) is 0.211. The Bertz CT molecular complexity index is 882. The molecule has 8 heteroatoms. The molecular weight excluding hydrogens is 430 g/mol. The van der Waals surface area contributed by atoms with Crippen molar-refractivity contribution >= 4 is 39.3 Å². The van der Waals surface area contributed by atoms with Gasteiger partial charge in [-0.15, -0.1) is 10.2 Å². The van der Waals surface area contributed by atoms with E-state index in [2.05, 4.69) is 31.4 Å². The van der Waals surface area contributed by atoms with E-state index in [1.807, 2.05) is 43.3 Å². The van der Waals surface area contributed by atoms with Crippen LogP contribution in [0.4, 0.5) is 5.69 Å². The molecule has 0 bridgehead atoms. The highest BCUT2D eigenvalue weighted by Crippen LogP contribution is 2.20. The number of aromatic nitrogens is 2. The maximum absolute atomic E-state index is 12.1. The molecule has 0 spiro atoms. The topological polar surface area (TPSA) is 77.2 Å². The van der Waals surface area contributed by atoms with Gasteiger partial charge in [0.25, 0.3) is 5.22 Å². The molecule has 2 aromatic carbocycles. The van der Waals surface area contributed by atoms with Gasteiger partial charge in [0.15, 0.2) is 0 Å². The molecule has 1 heterocycles. The number of ether oxygens (including phenoxy) is 1. The second-order valence-corrected chi connectivity index (χ2v) is 7.40. The number of halogens is 1. The minimum absolute atomic E-state index is 0.142. The average Bonchev–Trinajstić information content (AvgIpc) is 3.11. The van der Waals surface area contributed by atoms with Crippen LogP contribution in [-0.4, -0.2) is 28.5 Å². The molecule has 6 nitrogen and oxygen atoms in total. The van der Waals surface area contributed by atoms with E-state index in [1.54, 1.807) is 12.1 Å². The number of anilines is 1. The lowest BCUT2D eigenvalue weighted by atomic mass is 10.2. The van der Waals surface area contributed by atoms with Gasteiger partial charge in [-0.2, -0.15) is 0 Å². The summed E-state index contributed by atoms with van der Waals surface area (Å²) in [5.41, 5.74) is 1.79. The summed E-state index contributed by atoms with van der Waals surface area (Å²) < 4.78 is 12.0. The van der Waals surface area contributed by atoms with Crippen LogP contribution in [0.1, 0.15) is 18.4 Å². The van der Waals surface area contributed by atoms with Gasteiger partial charge in [-0.25, -0.2) is 0 Å². The van der Waals surface area contributed by atoms with Crippen LogP contribution in [0.25, 0.3) is 0 Å². The Kier molecular flexibility index (Phi) is 6.89. The normalized spacial score (nSPS) is 10.6. The SMILES string of the molecule is CCOc1ccc(NC(=O)CSc2nnc(Cc3ccc(Br)cc3)o2)cc1. The van der Waals surface area contributed by atoms with E-state index in [0.717, 1.165) is 15.8 Å². The Balaban J connectivity index is 1.47. The van der Waals surface area contributed by atoms with Gasteiger partial charge in [-0.1, -0.05) is 39.8 Å². The van der Waals surface area contributed by atoms with Crippen molar-refractivity contribution in [3.8, 4) is 5.75 Å². The van der Waals surface area contributed by atoms with E-state index >= 15 is 0 Å². The average molecular weight is 448 g/mol. The fourth-order valence-electron chi connectivity index (χ4n) is 2.27. The van der Waals surface area contributed by atoms with E-state index < -0.39 is 0 Å². The molecule has 0 saturated heterocycles. The molecule has 0 saturated carbocycles. The van der Waals surface area contributed by atoms with E-state index in [9.17, 15) is 4.79 Å². The lowest BCUT2D eigenvalue weighted by Gasteiger charge is -2.06. The third kappa shape index (κ3) is 6.11. The highest BCUT2D eigenvalue weighted by atomic mass is 79.9. The first kappa shape index (κ1) is 19.4. The number of rotatable bonds is 8. The number of hydrogen-bond acceptors (Lipinski definition) is 6. The first-order chi connectivity index (χ1) is 13.1. The Morgan fingerprint density at radius 2 is 1.89 bits per heavy atom. The predicted molar refractivity (Wildman–Crippen MR) is 108 cm³/mol. The number of nitrogens with one attached hydrogen (secondary N) is 1. The van der Waals surface area contributed by atoms with Crippen LogP contribution >= 0.6 is 27.7 Å². The lowest BCUT2D eigenvalue weighted by Crippen LogP contribution is -2.13. The Hall–Kier alpha value is -2.32. The first-order valence-corrected chi connectivity index (χ1v) is 10.1. The van der Waals surface area contributed by atoms with Crippen molar-refractivity contribution in [3.05, 3.63) is 64.5 Å². The maximum atomic E-state index is 12.1. The summed E-state index contributed by atoms with van der Waals surface area (Å²) in [6.45, 7) is 2.53. The third-order valence-electron chi connectivity index (χ3n) is 3.49. The molecule has 0 unspecified atom stereocenters. The van der Waals surface area contributed by atoms with E-state index in [1.165, 1.54) is 11.8 Å². The molecule has 1 aromatic heterocycles. The van der Waals surface area contributed by atoms with Gasteiger partial charge in [-0.05, 0) is 48.9 Å². The molecule has 3 rings (SSSR count). The van der Waals surface area contributed by atoms with Crippen LogP contribution in [0.5, 0.6) is 5.75 Å². The molecule has 0 aliphatic heterocycles. The van der Waals surface area contributed by atoms with E-state index in [0.29, 0.717) is 29.8 Å². The van der Waals surface area contributed by atoms with Crippen LogP contribution in [-0.2, 0) is 11.2 Å². The Morgan fingerprint density at radius 1 is 1.15 bits per heavy atom. The summed E-state index contributed by atoms with van der Waals surface area (Å²) in [5.74, 6) is 1.34. The van der Waals surface area contributed by atoms with Crippen molar-refractivity contribution in [2.75, 3.05) is 17.7 Å². The van der Waals surface area contributed by atoms with E-state index in [4.69, 9.17) is 9.15 Å². The summed E-state index contributed by atoms with van der Waals surface area (Å²) >= 11 is 4.61. The summed E-state index contributed by atoms with van der Waals surface area (Å²) in [6.07, 6.45) is 0.555. The molecular formula is C19H18BrN3O3S. The summed E-state index contributed by atoms with van der Waals surface area (Å²) in [5, 5.41) is 11.2. The largest absolute Gasteiger partial charge is 0.494 e. The molecule has 0 fully saturated rings. The van der Waals surface area contributed by atoms with Crippen LogP contribution in [0.2, 0.25) is 0 Å². The third-order valence-corrected chi connectivity index (χ3v) is 4.84. The smallest absolute Gasteiger partial charge is 0.277 e. The summed E-state index contributed by atoms with van der Waals surface area (Å²) in [7, 11) is 0. The maximum Gasteiger partial charge on any atom is 0.277 e. The van der Waals surface area contributed by atoms with Crippen molar-refractivity contribution in [1.29, 1.82) is 0 Å². The molecule has 0 radical (unpaired) electrons. The van der Waals surface area contributed by atoms with Crippen molar-refractivity contribution in [1.82, 2.24) is 10.2 Å². The number of hydrogen-bond donors (Lipinski definition) is 1. The van der Waals surface area contributed by atoms with E-state index in [-0.39, 0.29) is 11.7 Å². The minimum atomic E-state index is -0.142. The molecule has 140 valence electrons. The van der Waals surface area contributed by atoms with Gasteiger partial charge in [0.05, 0.1) is 18.8 Å². The van der Waals surface area contributed by atoms with Crippen LogP contribution in [0.3, 0.4) is 0 Å². The zero-order valence-corrected chi connectivity index (χ0v) is 17.0. The van der Waals surface area contributed by atoms with Gasteiger partial charge in [0.1, 0.15) is 5.75 Å². The lowest BCUT2D eigenvalue weighted by molar-refractivity contribution is -0.113. The monoisotopic (exact) mass is 447 g/mol. The number of carbonyl (C=O) groups excluding carboxylic acids is 1. The number of benzene rings is 2. The molecule has 27 heavy (non-hydrogen) atoms. The predicted octanol–water partition coefficient (Wildman–Crippen LogP) is 4.55. The Labute approximate surface area is 169 Å². The van der Waals surface area contributed by atoms with Crippen LogP contribution in [0, 0.1) is 0 Å². The quantitative estimate of drug-likeness (QED) is 0.510. The second-order valence-electron chi connectivity index (χ2n) is 5.56.